The molecule has 0 amide bonds. The molecule has 1 aromatic rings. The lowest BCUT2D eigenvalue weighted by Gasteiger charge is -2.16. The van der Waals surface area contributed by atoms with Crippen molar-refractivity contribution in [2.45, 2.75) is 13.0 Å². The molecule has 17 heavy (non-hydrogen) atoms. The number of aryl methyl sites for hydroxylation is 1. The second-order valence-corrected chi connectivity index (χ2v) is 4.02. The van der Waals surface area contributed by atoms with E-state index in [1.807, 2.05) is 7.05 Å². The summed E-state index contributed by atoms with van der Waals surface area (Å²) in [5.41, 5.74) is 0.989. The average molecular weight is 241 g/mol. The number of carboxylic acids is 1. The number of aromatic carboxylic acids is 1. The number of hydrogen-bond donors (Lipinski definition) is 1. The molecular weight excluding hydrogens is 222 g/mol. The number of nitrogens with zero attached hydrogens (tertiary/aromatic N) is 3. The summed E-state index contributed by atoms with van der Waals surface area (Å²) in [6.45, 7) is 2.14. The van der Waals surface area contributed by atoms with E-state index in [2.05, 4.69) is 10.00 Å². The Morgan fingerprint density at radius 1 is 1.65 bits per heavy atom. The molecule has 6 heteroatoms. The predicted molar refractivity (Wildman–Crippen MR) is 63.0 cm³/mol. The van der Waals surface area contributed by atoms with Crippen molar-refractivity contribution in [2.24, 2.45) is 7.05 Å². The van der Waals surface area contributed by atoms with E-state index in [0.717, 1.165) is 18.7 Å². The molecule has 0 spiro atoms. The molecule has 0 radical (unpaired) electrons. The van der Waals surface area contributed by atoms with Crippen molar-refractivity contribution in [3.8, 4) is 0 Å². The Morgan fingerprint density at radius 2 is 2.35 bits per heavy atom. The Labute approximate surface area is 101 Å². The van der Waals surface area contributed by atoms with Crippen LogP contribution in [0.4, 0.5) is 0 Å². The van der Waals surface area contributed by atoms with Crippen molar-refractivity contribution >= 4 is 5.97 Å². The molecule has 6 nitrogen and oxygen atoms in total. The van der Waals surface area contributed by atoms with Crippen LogP contribution in [0.2, 0.25) is 0 Å². The molecule has 0 aliphatic rings. The summed E-state index contributed by atoms with van der Waals surface area (Å²) < 4.78 is 6.58. The Morgan fingerprint density at radius 3 is 2.94 bits per heavy atom. The second kappa shape index (κ2) is 6.36. The minimum absolute atomic E-state index is 0.270. The normalized spacial score (nSPS) is 11.1. The molecule has 0 unspecified atom stereocenters. The topological polar surface area (TPSA) is 67.6 Å². The zero-order valence-corrected chi connectivity index (χ0v) is 10.5. The van der Waals surface area contributed by atoms with Gasteiger partial charge in [-0.1, -0.05) is 0 Å². The van der Waals surface area contributed by atoms with Gasteiger partial charge in [-0.25, -0.2) is 4.79 Å². The number of aromatic nitrogens is 2. The van der Waals surface area contributed by atoms with Gasteiger partial charge in [0, 0.05) is 33.9 Å². The highest BCUT2D eigenvalue weighted by atomic mass is 16.5. The van der Waals surface area contributed by atoms with Crippen LogP contribution in [0.25, 0.3) is 0 Å². The molecule has 1 heterocycles. The van der Waals surface area contributed by atoms with E-state index in [-0.39, 0.29) is 5.56 Å². The van der Waals surface area contributed by atoms with Crippen molar-refractivity contribution in [3.05, 3.63) is 17.5 Å². The molecule has 0 fully saturated rings. The van der Waals surface area contributed by atoms with Crippen LogP contribution in [-0.4, -0.2) is 53.1 Å². The third-order valence-corrected chi connectivity index (χ3v) is 2.60. The van der Waals surface area contributed by atoms with Gasteiger partial charge in [0.1, 0.15) is 5.56 Å². The van der Waals surface area contributed by atoms with E-state index in [1.54, 1.807) is 18.8 Å². The van der Waals surface area contributed by atoms with E-state index in [9.17, 15) is 4.79 Å². The van der Waals surface area contributed by atoms with Crippen LogP contribution in [0.3, 0.4) is 0 Å². The number of methoxy groups -OCH3 is 1. The first-order chi connectivity index (χ1) is 8.06. The Bertz CT molecular complexity index is 376. The Kier molecular flexibility index (Phi) is 5.11. The average Bonchev–Trinajstić information content (AvgIpc) is 2.61. The highest BCUT2D eigenvalue weighted by molar-refractivity contribution is 5.88. The number of carboxylic acid groups (broad SMARTS) is 1. The van der Waals surface area contributed by atoms with E-state index in [4.69, 9.17) is 9.84 Å². The number of ether oxygens (including phenoxy) is 1. The van der Waals surface area contributed by atoms with Gasteiger partial charge in [-0.15, -0.1) is 0 Å². The van der Waals surface area contributed by atoms with Gasteiger partial charge in [0.05, 0.1) is 11.9 Å². The molecule has 96 valence electrons. The molecular formula is C11H19N3O3. The molecule has 0 aliphatic carbocycles. The first-order valence-corrected chi connectivity index (χ1v) is 5.48. The van der Waals surface area contributed by atoms with Gasteiger partial charge in [0.15, 0.2) is 0 Å². The van der Waals surface area contributed by atoms with Gasteiger partial charge < -0.3 is 14.7 Å². The maximum absolute atomic E-state index is 11.0. The monoisotopic (exact) mass is 241 g/mol. The van der Waals surface area contributed by atoms with Crippen LogP contribution >= 0.6 is 0 Å². The van der Waals surface area contributed by atoms with Crippen LogP contribution in [0.1, 0.15) is 22.5 Å². The van der Waals surface area contributed by atoms with Gasteiger partial charge in [-0.2, -0.15) is 5.10 Å². The SMILES string of the molecule is COCCCN(C)Cc1c(C(=O)O)cnn1C. The Balaban J connectivity index is 2.61. The van der Waals surface area contributed by atoms with Crippen LogP contribution in [-0.2, 0) is 18.3 Å². The number of hydrogen-bond acceptors (Lipinski definition) is 4. The highest BCUT2D eigenvalue weighted by Gasteiger charge is 2.16. The quantitative estimate of drug-likeness (QED) is 0.707. The maximum atomic E-state index is 11.0. The smallest absolute Gasteiger partial charge is 0.339 e. The van der Waals surface area contributed by atoms with E-state index >= 15 is 0 Å². The van der Waals surface area contributed by atoms with Crippen molar-refractivity contribution in [3.63, 3.8) is 0 Å². The maximum Gasteiger partial charge on any atom is 0.339 e. The van der Waals surface area contributed by atoms with Crippen molar-refractivity contribution in [2.75, 3.05) is 27.3 Å². The van der Waals surface area contributed by atoms with Gasteiger partial charge >= 0.3 is 5.97 Å². The summed E-state index contributed by atoms with van der Waals surface area (Å²) in [6, 6.07) is 0. The van der Waals surface area contributed by atoms with Crippen molar-refractivity contribution in [1.82, 2.24) is 14.7 Å². The van der Waals surface area contributed by atoms with Gasteiger partial charge in [0.2, 0.25) is 0 Å². The summed E-state index contributed by atoms with van der Waals surface area (Å²) in [4.78, 5) is 13.0. The number of rotatable bonds is 7. The minimum atomic E-state index is -0.932. The largest absolute Gasteiger partial charge is 0.478 e. The molecule has 1 N–H and O–H groups in total. The van der Waals surface area contributed by atoms with Crippen LogP contribution in [0, 0.1) is 0 Å². The molecule has 0 aliphatic heterocycles. The van der Waals surface area contributed by atoms with Crippen LogP contribution in [0.15, 0.2) is 6.20 Å². The predicted octanol–water partition coefficient (Wildman–Crippen LogP) is 0.587. The van der Waals surface area contributed by atoms with Crippen molar-refractivity contribution in [1.29, 1.82) is 0 Å². The summed E-state index contributed by atoms with van der Waals surface area (Å²) in [7, 11) is 5.38. The van der Waals surface area contributed by atoms with E-state index in [0.29, 0.717) is 13.2 Å². The summed E-state index contributed by atoms with van der Waals surface area (Å²) >= 11 is 0. The first kappa shape index (κ1) is 13.7. The van der Waals surface area contributed by atoms with Gasteiger partial charge in [0.25, 0.3) is 0 Å². The second-order valence-electron chi connectivity index (χ2n) is 4.02. The van der Waals surface area contributed by atoms with Gasteiger partial charge in [-0.05, 0) is 13.5 Å². The molecule has 1 rings (SSSR count). The molecule has 1 aromatic heterocycles. The zero-order chi connectivity index (χ0) is 12.8. The minimum Gasteiger partial charge on any atom is -0.478 e. The molecule has 0 bridgehead atoms. The standard InChI is InChI=1S/C11H19N3O3/c1-13(5-4-6-17-3)8-10-9(11(15)16)7-12-14(10)2/h7H,4-6,8H2,1-3H3,(H,15,16). The molecule has 0 saturated carbocycles. The first-order valence-electron chi connectivity index (χ1n) is 5.48. The van der Waals surface area contributed by atoms with E-state index in [1.165, 1.54) is 6.20 Å². The molecule has 0 saturated heterocycles. The third-order valence-electron chi connectivity index (χ3n) is 2.60. The lowest BCUT2D eigenvalue weighted by Crippen LogP contribution is -2.23. The lowest BCUT2D eigenvalue weighted by molar-refractivity contribution is 0.0694. The fraction of sp³-hybridized carbons (Fsp3) is 0.636. The molecule has 0 atom stereocenters. The zero-order valence-electron chi connectivity index (χ0n) is 10.5. The van der Waals surface area contributed by atoms with Crippen molar-refractivity contribution < 1.29 is 14.6 Å². The highest BCUT2D eigenvalue weighted by Crippen LogP contribution is 2.10. The lowest BCUT2D eigenvalue weighted by atomic mass is 10.2. The molecule has 0 aromatic carbocycles. The summed E-state index contributed by atoms with van der Waals surface area (Å²) in [5.74, 6) is -0.932. The Hall–Kier alpha value is -1.40. The van der Waals surface area contributed by atoms with Crippen LogP contribution < -0.4 is 0 Å². The third kappa shape index (κ3) is 3.83. The summed E-state index contributed by atoms with van der Waals surface area (Å²) in [6.07, 6.45) is 2.31. The fourth-order valence-corrected chi connectivity index (χ4v) is 1.64. The number of carbonyl (C=O) groups is 1. The fourth-order valence-electron chi connectivity index (χ4n) is 1.64. The van der Waals surface area contributed by atoms with Gasteiger partial charge in [-0.3, -0.25) is 4.68 Å². The van der Waals surface area contributed by atoms with E-state index < -0.39 is 5.97 Å². The van der Waals surface area contributed by atoms with Crippen LogP contribution in [0.5, 0.6) is 0 Å². The summed E-state index contributed by atoms with van der Waals surface area (Å²) in [5, 5.41) is 13.0.